The molecule has 3 atom stereocenters. The molecule has 0 unspecified atom stereocenters. The highest BCUT2D eigenvalue weighted by atomic mass is 32.1. The van der Waals surface area contributed by atoms with Gasteiger partial charge in [0.1, 0.15) is 11.6 Å². The lowest BCUT2D eigenvalue weighted by Crippen LogP contribution is -2.56. The number of nitrogens with one attached hydrogen (secondary N) is 2. The molecule has 1 aromatic carbocycles. The molecule has 0 spiro atoms. The standard InChI is InChI=1S/C24H35N5O4S/c1-16(2)19(29(33)15-30)18(13-9-12-17-10-7-6-8-11-17)21(31)26-20(24(3,4)5)22(32)27-23-28-25-14-34-23/h6-8,10-11,14-16,18-20,33H,9,12-13H2,1-5H3,(H,26,31)(H,27,28,32)/t18-,19+,20-/m1/s1. The van der Waals surface area contributed by atoms with Crippen LogP contribution < -0.4 is 10.6 Å². The van der Waals surface area contributed by atoms with Gasteiger partial charge in [-0.05, 0) is 36.2 Å². The lowest BCUT2D eigenvalue weighted by molar-refractivity contribution is -0.173. The van der Waals surface area contributed by atoms with Crippen LogP contribution >= 0.6 is 11.3 Å². The number of hydrogen-bond acceptors (Lipinski definition) is 7. The first kappa shape index (κ1) is 27.4. The normalized spacial score (nSPS) is 14.2. The summed E-state index contributed by atoms with van der Waals surface area (Å²) in [6.07, 6.45) is 2.19. The Balaban J connectivity index is 2.23. The van der Waals surface area contributed by atoms with E-state index in [1.807, 2.05) is 65.0 Å². The van der Waals surface area contributed by atoms with Gasteiger partial charge in [-0.15, -0.1) is 10.2 Å². The second-order valence-corrected chi connectivity index (χ2v) is 10.6. The van der Waals surface area contributed by atoms with Crippen molar-refractivity contribution in [2.75, 3.05) is 5.32 Å². The molecule has 0 fully saturated rings. The van der Waals surface area contributed by atoms with E-state index in [0.717, 1.165) is 12.0 Å². The minimum absolute atomic E-state index is 0.189. The van der Waals surface area contributed by atoms with E-state index in [4.69, 9.17) is 0 Å². The van der Waals surface area contributed by atoms with Gasteiger partial charge in [0.2, 0.25) is 23.4 Å². The number of carbonyl (C=O) groups excluding carboxylic acids is 3. The zero-order chi connectivity index (χ0) is 25.3. The van der Waals surface area contributed by atoms with Crippen LogP contribution in [-0.4, -0.2) is 50.8 Å². The fourth-order valence-corrected chi connectivity index (χ4v) is 4.43. The van der Waals surface area contributed by atoms with Crippen LogP contribution in [0.1, 0.15) is 53.0 Å². The molecule has 3 N–H and O–H groups in total. The average molecular weight is 490 g/mol. The van der Waals surface area contributed by atoms with E-state index in [2.05, 4.69) is 20.8 Å². The maximum Gasteiger partial charge on any atom is 0.249 e. The van der Waals surface area contributed by atoms with Crippen molar-refractivity contribution in [1.82, 2.24) is 20.6 Å². The maximum absolute atomic E-state index is 13.5. The number of hydroxylamine groups is 2. The third-order valence-corrected chi connectivity index (χ3v) is 6.28. The van der Waals surface area contributed by atoms with Crippen LogP contribution in [0.2, 0.25) is 0 Å². The van der Waals surface area contributed by atoms with Crippen LogP contribution in [0.5, 0.6) is 0 Å². The Morgan fingerprint density at radius 2 is 1.85 bits per heavy atom. The van der Waals surface area contributed by atoms with E-state index in [-0.39, 0.29) is 11.8 Å². The third-order valence-electron chi connectivity index (χ3n) is 5.67. The fraction of sp³-hybridized carbons (Fsp3) is 0.542. The van der Waals surface area contributed by atoms with Crippen molar-refractivity contribution in [2.24, 2.45) is 17.3 Å². The smallest absolute Gasteiger partial charge is 0.249 e. The first-order valence-corrected chi connectivity index (χ1v) is 12.3. The van der Waals surface area contributed by atoms with Crippen molar-refractivity contribution in [3.63, 3.8) is 0 Å². The van der Waals surface area contributed by atoms with Crippen molar-refractivity contribution in [3.8, 4) is 0 Å². The summed E-state index contributed by atoms with van der Waals surface area (Å²) >= 11 is 1.18. The number of amides is 3. The second kappa shape index (κ2) is 12.6. The van der Waals surface area contributed by atoms with Crippen LogP contribution in [0.25, 0.3) is 0 Å². The van der Waals surface area contributed by atoms with Crippen molar-refractivity contribution < 1.29 is 19.6 Å². The number of aromatic nitrogens is 2. The largest absolute Gasteiger partial charge is 0.343 e. The first-order valence-electron chi connectivity index (χ1n) is 11.4. The molecule has 0 bridgehead atoms. The van der Waals surface area contributed by atoms with Crippen LogP contribution in [0.4, 0.5) is 5.13 Å². The van der Waals surface area contributed by atoms with Crippen molar-refractivity contribution in [3.05, 3.63) is 41.4 Å². The van der Waals surface area contributed by atoms with E-state index < -0.39 is 29.3 Å². The van der Waals surface area contributed by atoms with Gasteiger partial charge < -0.3 is 5.32 Å². The third kappa shape index (κ3) is 7.88. The molecule has 2 aromatic rings. The molecule has 0 aliphatic rings. The monoisotopic (exact) mass is 489 g/mol. The highest BCUT2D eigenvalue weighted by Crippen LogP contribution is 2.26. The van der Waals surface area contributed by atoms with Crippen molar-refractivity contribution in [2.45, 2.75) is 66.0 Å². The quantitative estimate of drug-likeness (QED) is 0.238. The average Bonchev–Trinajstić information content (AvgIpc) is 3.28. The summed E-state index contributed by atoms with van der Waals surface area (Å²) in [6.45, 7) is 9.25. The van der Waals surface area contributed by atoms with E-state index >= 15 is 0 Å². The molecule has 0 radical (unpaired) electrons. The van der Waals surface area contributed by atoms with Gasteiger partial charge in [0.05, 0.1) is 12.0 Å². The van der Waals surface area contributed by atoms with Crippen molar-refractivity contribution in [1.29, 1.82) is 0 Å². The summed E-state index contributed by atoms with van der Waals surface area (Å²) in [5.74, 6) is -1.69. The zero-order valence-corrected chi connectivity index (χ0v) is 21.2. The second-order valence-electron chi connectivity index (χ2n) is 9.75. The van der Waals surface area contributed by atoms with Crippen molar-refractivity contribution >= 4 is 34.7 Å². The van der Waals surface area contributed by atoms with Gasteiger partial charge in [-0.1, -0.05) is 76.3 Å². The Bertz CT molecular complexity index is 915. The molecule has 10 heteroatoms. The van der Waals surface area contributed by atoms with Gasteiger partial charge in [-0.25, -0.2) is 5.06 Å². The lowest BCUT2D eigenvalue weighted by Gasteiger charge is -2.36. The summed E-state index contributed by atoms with van der Waals surface area (Å²) in [5.41, 5.74) is 2.05. The minimum atomic E-state index is -0.864. The van der Waals surface area contributed by atoms with E-state index in [9.17, 15) is 19.6 Å². The molecule has 1 aromatic heterocycles. The van der Waals surface area contributed by atoms with E-state index in [1.54, 1.807) is 0 Å². The Kier molecular flexibility index (Phi) is 10.1. The number of nitrogens with zero attached hydrogens (tertiary/aromatic N) is 3. The number of benzene rings is 1. The highest BCUT2D eigenvalue weighted by molar-refractivity contribution is 7.13. The molecular weight excluding hydrogens is 454 g/mol. The highest BCUT2D eigenvalue weighted by Gasteiger charge is 2.39. The molecule has 1 heterocycles. The Hall–Kier alpha value is -2.85. The molecule has 9 nitrogen and oxygen atoms in total. The SMILES string of the molecule is CC(C)[C@@H]([C@@H](CCCc1ccccc1)C(=O)N[C@H](C(=O)Nc1nncs1)C(C)(C)C)N(O)C=O. The lowest BCUT2D eigenvalue weighted by atomic mass is 9.82. The summed E-state index contributed by atoms with van der Waals surface area (Å²) < 4.78 is 0. The number of rotatable bonds is 12. The van der Waals surface area contributed by atoms with Gasteiger partial charge >= 0.3 is 0 Å². The Morgan fingerprint density at radius 1 is 1.18 bits per heavy atom. The molecule has 0 aliphatic carbocycles. The molecule has 0 saturated carbocycles. The summed E-state index contributed by atoms with van der Waals surface area (Å²) in [5, 5.41) is 24.3. The summed E-state index contributed by atoms with van der Waals surface area (Å²) in [6, 6.07) is 8.31. The topological polar surface area (TPSA) is 125 Å². The fourth-order valence-electron chi connectivity index (χ4n) is 3.98. The Morgan fingerprint density at radius 3 is 2.38 bits per heavy atom. The van der Waals surface area contributed by atoms with Crippen LogP contribution in [0.3, 0.4) is 0 Å². The predicted molar refractivity (Wildman–Crippen MR) is 131 cm³/mol. The molecule has 34 heavy (non-hydrogen) atoms. The number of hydrogen-bond donors (Lipinski definition) is 3. The van der Waals surface area contributed by atoms with Gasteiger partial charge in [0, 0.05) is 0 Å². The molecule has 186 valence electrons. The predicted octanol–water partition coefficient (Wildman–Crippen LogP) is 3.52. The van der Waals surface area contributed by atoms with Gasteiger partial charge in [-0.3, -0.25) is 24.9 Å². The van der Waals surface area contributed by atoms with Crippen LogP contribution in [-0.2, 0) is 20.8 Å². The van der Waals surface area contributed by atoms with Crippen LogP contribution in [0.15, 0.2) is 35.8 Å². The first-order chi connectivity index (χ1) is 16.0. The van der Waals surface area contributed by atoms with Gasteiger partial charge in [0.15, 0.2) is 0 Å². The number of anilines is 1. The zero-order valence-electron chi connectivity index (χ0n) is 20.4. The molecule has 0 aliphatic heterocycles. The number of aryl methyl sites for hydroxylation is 1. The summed E-state index contributed by atoms with van der Waals surface area (Å²) in [7, 11) is 0. The Labute approximate surface area is 204 Å². The molecule has 0 saturated heterocycles. The van der Waals surface area contributed by atoms with Gasteiger partial charge in [-0.2, -0.15) is 0 Å². The summed E-state index contributed by atoms with van der Waals surface area (Å²) in [4.78, 5) is 38.0. The maximum atomic E-state index is 13.5. The molecule has 2 rings (SSSR count). The van der Waals surface area contributed by atoms with Gasteiger partial charge in [0.25, 0.3) is 0 Å². The van der Waals surface area contributed by atoms with E-state index in [0.29, 0.717) is 29.4 Å². The minimum Gasteiger partial charge on any atom is -0.343 e. The number of carbonyl (C=O) groups is 3. The van der Waals surface area contributed by atoms with E-state index in [1.165, 1.54) is 16.8 Å². The molecule has 3 amide bonds. The van der Waals surface area contributed by atoms with Crippen LogP contribution in [0, 0.1) is 17.3 Å². The molecular formula is C24H35N5O4S.